The molecule has 0 aliphatic carbocycles. The Labute approximate surface area is 180 Å². The number of aliphatic carboxylic acids is 1. The van der Waals surface area contributed by atoms with E-state index in [2.05, 4.69) is 10.3 Å². The number of nitrogens with zero attached hydrogens (tertiary/aromatic N) is 1. The molecule has 150 valence electrons. The van der Waals surface area contributed by atoms with Crippen LogP contribution in [0.4, 0.5) is 5.69 Å². The number of furan rings is 1. The first-order valence-corrected chi connectivity index (χ1v) is 10.2. The number of carbonyl (C=O) groups excluding carboxylic acids is 1. The van der Waals surface area contributed by atoms with E-state index in [0.717, 1.165) is 0 Å². The molecule has 0 bridgehead atoms. The fourth-order valence-corrected chi connectivity index (χ4v) is 3.89. The van der Waals surface area contributed by atoms with Crippen molar-refractivity contribution in [2.75, 3.05) is 5.32 Å². The monoisotopic (exact) mass is 438 g/mol. The molecule has 2 aromatic heterocycles. The highest BCUT2D eigenvalue weighted by Crippen LogP contribution is 2.34. The number of hydrogen-bond acceptors (Lipinski definition) is 5. The Bertz CT molecular complexity index is 1220. The van der Waals surface area contributed by atoms with Gasteiger partial charge in [-0.25, -0.2) is 4.98 Å². The number of aromatic nitrogens is 1. The summed E-state index contributed by atoms with van der Waals surface area (Å²) >= 11 is 7.69. The molecule has 0 spiro atoms. The zero-order valence-electron chi connectivity index (χ0n) is 15.5. The summed E-state index contributed by atoms with van der Waals surface area (Å²) in [5.74, 6) is -0.0817. The van der Waals surface area contributed by atoms with Crippen LogP contribution in [0.25, 0.3) is 22.8 Å². The van der Waals surface area contributed by atoms with Gasteiger partial charge in [-0.05, 0) is 42.5 Å². The smallest absolute Gasteiger partial charge is 0.310 e. The third-order valence-electron chi connectivity index (χ3n) is 4.24. The van der Waals surface area contributed by atoms with Crippen LogP contribution in [-0.2, 0) is 11.2 Å². The minimum Gasteiger partial charge on any atom is -0.481 e. The maximum atomic E-state index is 12.3. The van der Waals surface area contributed by atoms with E-state index in [4.69, 9.17) is 21.1 Å². The first kappa shape index (κ1) is 19.9. The number of rotatable bonds is 6. The predicted octanol–water partition coefficient (Wildman–Crippen LogP) is 5.60. The lowest BCUT2D eigenvalue weighted by atomic mass is 10.1. The van der Waals surface area contributed by atoms with E-state index >= 15 is 0 Å². The molecule has 6 nitrogen and oxygen atoms in total. The molecule has 2 N–H and O–H groups in total. The van der Waals surface area contributed by atoms with Gasteiger partial charge in [-0.2, -0.15) is 0 Å². The molecule has 2 heterocycles. The molecule has 0 atom stereocenters. The van der Waals surface area contributed by atoms with Crippen molar-refractivity contribution in [1.82, 2.24) is 4.98 Å². The van der Waals surface area contributed by atoms with E-state index in [1.54, 1.807) is 60.0 Å². The number of carbonyl (C=O) groups is 2. The summed E-state index contributed by atoms with van der Waals surface area (Å²) in [6.07, 6.45) is -0.125. The van der Waals surface area contributed by atoms with Crippen molar-refractivity contribution < 1.29 is 19.1 Å². The van der Waals surface area contributed by atoms with Crippen LogP contribution in [0.2, 0.25) is 5.02 Å². The molecule has 0 unspecified atom stereocenters. The molecular formula is C22H15ClN2O4S. The van der Waals surface area contributed by atoms with Crippen LogP contribution in [0.15, 0.2) is 70.5 Å². The third kappa shape index (κ3) is 4.42. The molecule has 0 radical (unpaired) electrons. The van der Waals surface area contributed by atoms with E-state index in [1.165, 1.54) is 11.3 Å². The van der Waals surface area contributed by atoms with Gasteiger partial charge in [0.2, 0.25) is 0 Å². The second-order valence-electron chi connectivity index (χ2n) is 6.38. The summed E-state index contributed by atoms with van der Waals surface area (Å²) < 4.78 is 5.87. The number of carboxylic acid groups (broad SMARTS) is 1. The lowest BCUT2D eigenvalue weighted by Gasteiger charge is -2.08. The maximum Gasteiger partial charge on any atom is 0.310 e. The average Bonchev–Trinajstić information content (AvgIpc) is 3.38. The second kappa shape index (κ2) is 8.52. The number of hydrogen-bond donors (Lipinski definition) is 2. The Morgan fingerprint density at radius 3 is 2.57 bits per heavy atom. The molecular weight excluding hydrogens is 424 g/mol. The van der Waals surface area contributed by atoms with Crippen molar-refractivity contribution in [2.24, 2.45) is 0 Å². The van der Waals surface area contributed by atoms with Crippen LogP contribution in [0, 0.1) is 0 Å². The van der Waals surface area contributed by atoms with Crippen molar-refractivity contribution in [3.05, 3.63) is 81.6 Å². The largest absolute Gasteiger partial charge is 0.481 e. The van der Waals surface area contributed by atoms with Gasteiger partial charge in [0, 0.05) is 22.2 Å². The zero-order valence-corrected chi connectivity index (χ0v) is 17.0. The Balaban J connectivity index is 1.52. The van der Waals surface area contributed by atoms with Gasteiger partial charge >= 0.3 is 5.97 Å². The molecule has 1 amide bonds. The van der Waals surface area contributed by atoms with E-state index in [0.29, 0.717) is 44.1 Å². The van der Waals surface area contributed by atoms with Gasteiger partial charge in [0.25, 0.3) is 5.91 Å². The third-order valence-corrected chi connectivity index (χ3v) is 5.40. The van der Waals surface area contributed by atoms with Crippen molar-refractivity contribution >= 4 is 40.5 Å². The van der Waals surface area contributed by atoms with Crippen LogP contribution < -0.4 is 5.32 Å². The summed E-state index contributed by atoms with van der Waals surface area (Å²) in [4.78, 5) is 27.4. The Morgan fingerprint density at radius 2 is 1.83 bits per heavy atom. The van der Waals surface area contributed by atoms with Gasteiger partial charge in [0.05, 0.1) is 11.4 Å². The van der Waals surface area contributed by atoms with Crippen LogP contribution in [0.5, 0.6) is 0 Å². The Hall–Kier alpha value is -3.42. The average molecular weight is 439 g/mol. The highest BCUT2D eigenvalue weighted by Gasteiger charge is 2.14. The van der Waals surface area contributed by atoms with E-state index in [1.807, 2.05) is 6.07 Å². The number of nitrogens with one attached hydrogen (secondary N) is 1. The second-order valence-corrected chi connectivity index (χ2v) is 7.73. The number of carboxylic acids is 1. The molecule has 0 aliphatic heterocycles. The topological polar surface area (TPSA) is 92.4 Å². The number of amides is 1. The van der Waals surface area contributed by atoms with Gasteiger partial charge in [0.15, 0.2) is 5.76 Å². The quantitative estimate of drug-likeness (QED) is 0.408. The standard InChI is InChI=1S/C22H15ClN2O4S/c23-16-10-14(24-22(28)13-4-2-1-3-5-13)6-7-15(16)18-8-9-19(29-18)17-12-30-20(25-17)11-21(26)27/h1-10,12H,11H2,(H,24,28)(H,26,27). The zero-order chi connectivity index (χ0) is 21.1. The highest BCUT2D eigenvalue weighted by molar-refractivity contribution is 7.10. The van der Waals surface area contributed by atoms with Gasteiger partial charge < -0.3 is 14.8 Å². The molecule has 4 rings (SSSR count). The first-order chi connectivity index (χ1) is 14.5. The molecule has 30 heavy (non-hydrogen) atoms. The maximum absolute atomic E-state index is 12.3. The minimum absolute atomic E-state index is 0.125. The molecule has 8 heteroatoms. The molecule has 0 saturated heterocycles. The minimum atomic E-state index is -0.928. The van der Waals surface area contributed by atoms with Crippen LogP contribution in [-0.4, -0.2) is 22.0 Å². The molecule has 4 aromatic rings. The fourth-order valence-electron chi connectivity index (χ4n) is 2.84. The Morgan fingerprint density at radius 1 is 1.07 bits per heavy atom. The van der Waals surface area contributed by atoms with Crippen molar-refractivity contribution in [3.8, 4) is 22.8 Å². The van der Waals surface area contributed by atoms with Crippen LogP contribution >= 0.6 is 22.9 Å². The van der Waals surface area contributed by atoms with E-state index in [-0.39, 0.29) is 12.3 Å². The van der Waals surface area contributed by atoms with E-state index < -0.39 is 5.97 Å². The van der Waals surface area contributed by atoms with Gasteiger partial charge in [-0.15, -0.1) is 11.3 Å². The number of anilines is 1. The summed E-state index contributed by atoms with van der Waals surface area (Å²) in [5, 5.41) is 14.4. The van der Waals surface area contributed by atoms with Gasteiger partial charge in [0.1, 0.15) is 16.5 Å². The normalized spacial score (nSPS) is 10.7. The van der Waals surface area contributed by atoms with Crippen molar-refractivity contribution in [1.29, 1.82) is 0 Å². The van der Waals surface area contributed by atoms with Crippen molar-refractivity contribution in [3.63, 3.8) is 0 Å². The van der Waals surface area contributed by atoms with Crippen LogP contribution in [0.3, 0.4) is 0 Å². The lowest BCUT2D eigenvalue weighted by Crippen LogP contribution is -2.11. The van der Waals surface area contributed by atoms with Gasteiger partial charge in [-0.1, -0.05) is 29.8 Å². The van der Waals surface area contributed by atoms with Crippen LogP contribution in [0.1, 0.15) is 15.4 Å². The summed E-state index contributed by atoms with van der Waals surface area (Å²) in [6.45, 7) is 0. The number of halogens is 1. The summed E-state index contributed by atoms with van der Waals surface area (Å²) in [5.41, 5.74) is 2.37. The molecule has 0 aliphatic rings. The molecule has 0 fully saturated rings. The Kier molecular flexibility index (Phi) is 5.65. The lowest BCUT2D eigenvalue weighted by molar-refractivity contribution is -0.136. The molecule has 0 saturated carbocycles. The number of thiazole rings is 1. The number of benzene rings is 2. The van der Waals surface area contributed by atoms with Crippen molar-refractivity contribution in [2.45, 2.75) is 6.42 Å². The van der Waals surface area contributed by atoms with E-state index in [9.17, 15) is 9.59 Å². The van der Waals surface area contributed by atoms with Gasteiger partial charge in [-0.3, -0.25) is 9.59 Å². The SMILES string of the molecule is O=C(O)Cc1nc(-c2ccc(-c3ccc(NC(=O)c4ccccc4)cc3Cl)o2)cs1. The summed E-state index contributed by atoms with van der Waals surface area (Å²) in [7, 11) is 0. The molecule has 2 aromatic carbocycles. The predicted molar refractivity (Wildman–Crippen MR) is 116 cm³/mol. The fraction of sp³-hybridized carbons (Fsp3) is 0.0455. The highest BCUT2D eigenvalue weighted by atomic mass is 35.5. The first-order valence-electron chi connectivity index (χ1n) is 8.92. The summed E-state index contributed by atoms with van der Waals surface area (Å²) in [6, 6.07) is 17.6.